The Bertz CT molecular complexity index is 821. The average Bonchev–Trinajstić information content (AvgIpc) is 3.45. The summed E-state index contributed by atoms with van der Waals surface area (Å²) in [6.07, 6.45) is 4.93. The Kier molecular flexibility index (Phi) is 10.4. The maximum atomic E-state index is 10.7. The second-order valence-corrected chi connectivity index (χ2v) is 8.62. The molecule has 6 nitrogen and oxygen atoms in total. The predicted molar refractivity (Wildman–Crippen MR) is 138 cm³/mol. The summed E-state index contributed by atoms with van der Waals surface area (Å²) in [5.41, 5.74) is 0.990. The minimum absolute atomic E-state index is 0. The number of ether oxygens (including phenoxy) is 2. The number of nitrogens with zero attached hydrogens (tertiary/aromatic N) is 1. The number of halogens is 1. The lowest BCUT2D eigenvalue weighted by molar-refractivity contribution is 0.0621. The second kappa shape index (κ2) is 12.5. The molecular formula is C23H34IN3O3S. The van der Waals surface area contributed by atoms with Crippen molar-refractivity contribution in [1.29, 1.82) is 0 Å². The van der Waals surface area contributed by atoms with Gasteiger partial charge in [-0.25, -0.2) is 4.99 Å². The van der Waals surface area contributed by atoms with Crippen molar-refractivity contribution in [3.05, 3.63) is 46.2 Å². The largest absolute Gasteiger partial charge is 0.493 e. The van der Waals surface area contributed by atoms with Crippen LogP contribution < -0.4 is 20.1 Å². The molecule has 0 spiro atoms. The molecule has 0 radical (unpaired) electrons. The summed E-state index contributed by atoms with van der Waals surface area (Å²) in [6.45, 7) is 5.44. The van der Waals surface area contributed by atoms with Crippen LogP contribution in [-0.4, -0.2) is 37.4 Å². The van der Waals surface area contributed by atoms with Crippen LogP contribution in [0.2, 0.25) is 0 Å². The first kappa shape index (κ1) is 25.7. The monoisotopic (exact) mass is 559 g/mol. The first-order valence-corrected chi connectivity index (χ1v) is 11.6. The lowest BCUT2D eigenvalue weighted by Gasteiger charge is -2.24. The smallest absolute Gasteiger partial charge is 0.191 e. The third-order valence-electron chi connectivity index (χ3n) is 5.33. The highest BCUT2D eigenvalue weighted by atomic mass is 127. The fraction of sp³-hybridized carbons (Fsp3) is 0.522. The van der Waals surface area contributed by atoms with Gasteiger partial charge in [-0.2, -0.15) is 11.3 Å². The van der Waals surface area contributed by atoms with Gasteiger partial charge in [0.2, 0.25) is 0 Å². The van der Waals surface area contributed by atoms with Crippen LogP contribution in [0, 0.1) is 0 Å². The van der Waals surface area contributed by atoms with E-state index >= 15 is 0 Å². The molecule has 172 valence electrons. The van der Waals surface area contributed by atoms with Crippen molar-refractivity contribution in [2.45, 2.75) is 57.8 Å². The van der Waals surface area contributed by atoms with Crippen LogP contribution in [0.3, 0.4) is 0 Å². The molecule has 0 amide bonds. The lowest BCUT2D eigenvalue weighted by Crippen LogP contribution is -2.44. The zero-order chi connectivity index (χ0) is 21.4. The third-order valence-corrected chi connectivity index (χ3v) is 6.01. The number of nitrogens with one attached hydrogen (secondary N) is 2. The molecule has 2 aromatic rings. The third kappa shape index (κ3) is 7.54. The van der Waals surface area contributed by atoms with Crippen molar-refractivity contribution in [1.82, 2.24) is 10.6 Å². The molecular weight excluding hydrogens is 525 g/mol. The number of methoxy groups -OCH3 is 1. The second-order valence-electron chi connectivity index (χ2n) is 7.84. The highest BCUT2D eigenvalue weighted by Crippen LogP contribution is 2.32. The first-order chi connectivity index (χ1) is 14.5. The minimum atomic E-state index is -0.960. The van der Waals surface area contributed by atoms with Gasteiger partial charge in [0.1, 0.15) is 5.60 Å². The van der Waals surface area contributed by atoms with Gasteiger partial charge < -0.3 is 25.2 Å². The molecule has 1 aliphatic carbocycles. The maximum absolute atomic E-state index is 10.7. The molecule has 0 bridgehead atoms. The zero-order valence-electron chi connectivity index (χ0n) is 18.5. The van der Waals surface area contributed by atoms with Crippen molar-refractivity contribution in [2.75, 3.05) is 20.2 Å². The molecule has 3 rings (SSSR count). The van der Waals surface area contributed by atoms with Crippen LogP contribution in [-0.2, 0) is 12.1 Å². The molecule has 31 heavy (non-hydrogen) atoms. The van der Waals surface area contributed by atoms with Crippen molar-refractivity contribution < 1.29 is 14.6 Å². The van der Waals surface area contributed by atoms with Crippen molar-refractivity contribution in [3.8, 4) is 11.5 Å². The topological polar surface area (TPSA) is 75.1 Å². The van der Waals surface area contributed by atoms with E-state index in [1.165, 1.54) is 12.8 Å². The van der Waals surface area contributed by atoms with Crippen LogP contribution in [0.1, 0.15) is 50.7 Å². The summed E-state index contributed by atoms with van der Waals surface area (Å²) in [5.74, 6) is 2.21. The summed E-state index contributed by atoms with van der Waals surface area (Å²) in [4.78, 5) is 4.69. The fourth-order valence-corrected chi connectivity index (χ4v) is 4.32. The van der Waals surface area contributed by atoms with Gasteiger partial charge >= 0.3 is 0 Å². The number of aliphatic imine (C=N–C) groups is 1. The molecule has 3 N–H and O–H groups in total. The molecule has 1 aromatic carbocycles. The molecule has 1 fully saturated rings. The highest BCUT2D eigenvalue weighted by molar-refractivity contribution is 14.0. The summed E-state index contributed by atoms with van der Waals surface area (Å²) >= 11 is 1.58. The average molecular weight is 560 g/mol. The van der Waals surface area contributed by atoms with E-state index in [9.17, 15) is 5.11 Å². The number of aliphatic hydroxyl groups is 1. The van der Waals surface area contributed by atoms with E-state index in [2.05, 4.69) is 15.6 Å². The zero-order valence-corrected chi connectivity index (χ0v) is 21.7. The summed E-state index contributed by atoms with van der Waals surface area (Å²) in [5, 5.41) is 21.2. The first-order valence-electron chi connectivity index (χ1n) is 10.6. The van der Waals surface area contributed by atoms with Gasteiger partial charge in [0, 0.05) is 6.54 Å². The molecule has 0 aliphatic heterocycles. The molecule has 1 aliphatic rings. The van der Waals surface area contributed by atoms with E-state index in [1.807, 2.05) is 48.9 Å². The Hall–Kier alpha value is -1.52. The van der Waals surface area contributed by atoms with Crippen LogP contribution in [0.4, 0.5) is 0 Å². The SMILES string of the molecule is CCNC(=NCc1ccc(OC)c(OC2CCCC2)c1)NCC(C)(O)c1ccsc1.I. The number of benzene rings is 1. The standard InChI is InChI=1S/C23H33N3O3S.HI/c1-4-24-22(26-16-23(2,27)18-11-12-30-15-18)25-14-17-9-10-20(28-3)21(13-17)29-19-7-5-6-8-19;/h9-13,15,19,27H,4-8,14,16H2,1-3H3,(H2,24,25,26);1H. The van der Waals surface area contributed by atoms with Gasteiger partial charge in [-0.15, -0.1) is 24.0 Å². The van der Waals surface area contributed by atoms with Crippen molar-refractivity contribution >= 4 is 41.3 Å². The number of guanidine groups is 1. The van der Waals surface area contributed by atoms with Crippen molar-refractivity contribution in [2.24, 2.45) is 4.99 Å². The fourth-order valence-electron chi connectivity index (χ4n) is 3.54. The highest BCUT2D eigenvalue weighted by Gasteiger charge is 2.23. The van der Waals surface area contributed by atoms with E-state index < -0.39 is 5.60 Å². The number of hydrogen-bond acceptors (Lipinski definition) is 5. The van der Waals surface area contributed by atoms with Gasteiger partial charge in [-0.05, 0) is 79.6 Å². The number of thiophene rings is 1. The summed E-state index contributed by atoms with van der Waals surface area (Å²) in [6, 6.07) is 7.91. The van der Waals surface area contributed by atoms with E-state index in [0.717, 1.165) is 42.0 Å². The molecule has 1 aromatic heterocycles. The van der Waals surface area contributed by atoms with Gasteiger partial charge in [0.15, 0.2) is 17.5 Å². The van der Waals surface area contributed by atoms with Gasteiger partial charge in [-0.3, -0.25) is 0 Å². The van der Waals surface area contributed by atoms with E-state index in [4.69, 9.17) is 9.47 Å². The van der Waals surface area contributed by atoms with Gasteiger partial charge in [0.05, 0.1) is 26.3 Å². The lowest BCUT2D eigenvalue weighted by atomic mass is 9.99. The Morgan fingerprint density at radius 1 is 1.23 bits per heavy atom. The summed E-state index contributed by atoms with van der Waals surface area (Å²) < 4.78 is 11.7. The maximum Gasteiger partial charge on any atom is 0.191 e. The van der Waals surface area contributed by atoms with Crippen LogP contribution >= 0.6 is 35.3 Å². The van der Waals surface area contributed by atoms with Gasteiger partial charge in [0.25, 0.3) is 0 Å². The molecule has 1 atom stereocenters. The Labute approximate surface area is 206 Å². The minimum Gasteiger partial charge on any atom is -0.493 e. The molecule has 8 heteroatoms. The van der Waals surface area contributed by atoms with Crippen LogP contribution in [0.5, 0.6) is 11.5 Å². The molecule has 1 heterocycles. The van der Waals surface area contributed by atoms with E-state index in [-0.39, 0.29) is 30.1 Å². The number of rotatable bonds is 9. The predicted octanol–water partition coefficient (Wildman–Crippen LogP) is 4.66. The van der Waals surface area contributed by atoms with E-state index in [0.29, 0.717) is 19.0 Å². The molecule has 1 unspecified atom stereocenters. The molecule has 1 saturated carbocycles. The van der Waals surface area contributed by atoms with E-state index in [1.54, 1.807) is 18.4 Å². The van der Waals surface area contributed by atoms with Crippen LogP contribution in [0.25, 0.3) is 0 Å². The number of hydrogen-bond donors (Lipinski definition) is 3. The molecule has 0 saturated heterocycles. The van der Waals surface area contributed by atoms with Crippen LogP contribution in [0.15, 0.2) is 40.0 Å². The van der Waals surface area contributed by atoms with Gasteiger partial charge in [-0.1, -0.05) is 6.07 Å². The van der Waals surface area contributed by atoms with Crippen molar-refractivity contribution in [3.63, 3.8) is 0 Å². The summed E-state index contributed by atoms with van der Waals surface area (Å²) in [7, 11) is 1.67. The Morgan fingerprint density at radius 2 is 2.00 bits per heavy atom. The Balaban J connectivity index is 0.00000341. The Morgan fingerprint density at radius 3 is 2.65 bits per heavy atom. The normalized spacial score (nSPS) is 16.3. The quantitative estimate of drug-likeness (QED) is 0.237.